The van der Waals surface area contributed by atoms with E-state index in [1.165, 1.54) is 7.05 Å². The number of aromatic nitrogens is 2. The van der Waals surface area contributed by atoms with Gasteiger partial charge in [-0.1, -0.05) is 0 Å². The summed E-state index contributed by atoms with van der Waals surface area (Å²) in [7, 11) is 1.46. The smallest absolute Gasteiger partial charge is 0.277 e. The number of hydrogen-bond acceptors (Lipinski definition) is 6. The maximum atomic E-state index is 11.2. The zero-order valence-corrected chi connectivity index (χ0v) is 7.40. The lowest BCUT2D eigenvalue weighted by molar-refractivity contribution is -0.119. The molecule has 14 heavy (non-hydrogen) atoms. The van der Waals surface area contributed by atoms with E-state index in [2.05, 4.69) is 25.6 Å². The van der Waals surface area contributed by atoms with Crippen molar-refractivity contribution in [3.8, 4) is 0 Å². The highest BCUT2D eigenvalue weighted by Gasteiger charge is 2.15. The molecule has 0 spiro atoms. The number of anilines is 1. The Labute approximate surface area is 78.8 Å². The number of carbonyl (C=O) groups is 2. The van der Waals surface area contributed by atoms with E-state index >= 15 is 0 Å². The zero-order valence-electron chi connectivity index (χ0n) is 7.40. The van der Waals surface area contributed by atoms with E-state index in [4.69, 9.17) is 5.73 Å². The van der Waals surface area contributed by atoms with Gasteiger partial charge >= 0.3 is 0 Å². The van der Waals surface area contributed by atoms with Crippen molar-refractivity contribution in [2.45, 2.75) is 0 Å². The van der Waals surface area contributed by atoms with Crippen LogP contribution < -0.4 is 16.4 Å². The summed E-state index contributed by atoms with van der Waals surface area (Å²) in [5.41, 5.74) is 5.12. The molecule has 0 aromatic carbocycles. The van der Waals surface area contributed by atoms with Crippen LogP contribution in [0.25, 0.3) is 0 Å². The standard InChI is InChI=1S/C6H9N5O3/c1-8-3(12)2-9-6(13)4-5(7)11-14-10-4/h2H2,1H3,(H2,7,11)(H,8,12)(H,9,13). The van der Waals surface area contributed by atoms with Gasteiger partial charge in [0.2, 0.25) is 17.4 Å². The molecule has 4 N–H and O–H groups in total. The van der Waals surface area contributed by atoms with Gasteiger partial charge in [-0.2, -0.15) is 0 Å². The van der Waals surface area contributed by atoms with E-state index in [0.717, 1.165) is 0 Å². The van der Waals surface area contributed by atoms with Gasteiger partial charge in [0.15, 0.2) is 0 Å². The van der Waals surface area contributed by atoms with Gasteiger partial charge in [0.1, 0.15) is 0 Å². The molecule has 2 amide bonds. The molecule has 0 atom stereocenters. The monoisotopic (exact) mass is 199 g/mol. The van der Waals surface area contributed by atoms with E-state index in [0.29, 0.717) is 0 Å². The molecule has 8 heteroatoms. The first-order valence-electron chi connectivity index (χ1n) is 3.72. The van der Waals surface area contributed by atoms with Crippen molar-refractivity contribution in [3.63, 3.8) is 0 Å². The highest BCUT2D eigenvalue weighted by molar-refractivity contribution is 5.97. The molecule has 0 saturated heterocycles. The summed E-state index contributed by atoms with van der Waals surface area (Å²) in [6, 6.07) is 0. The van der Waals surface area contributed by atoms with Gasteiger partial charge < -0.3 is 16.4 Å². The molecule has 76 valence electrons. The van der Waals surface area contributed by atoms with Gasteiger partial charge in [0.05, 0.1) is 6.54 Å². The van der Waals surface area contributed by atoms with E-state index in [-0.39, 0.29) is 24.0 Å². The lowest BCUT2D eigenvalue weighted by Crippen LogP contribution is -2.35. The van der Waals surface area contributed by atoms with Crippen molar-refractivity contribution < 1.29 is 14.2 Å². The second kappa shape index (κ2) is 4.21. The Hall–Kier alpha value is -2.12. The SMILES string of the molecule is CNC(=O)CNC(=O)c1nonc1N. The van der Waals surface area contributed by atoms with E-state index in [1.54, 1.807) is 0 Å². The summed E-state index contributed by atoms with van der Waals surface area (Å²) in [5.74, 6) is -1.04. The van der Waals surface area contributed by atoms with Crippen LogP contribution in [-0.4, -0.2) is 35.7 Å². The first-order valence-corrected chi connectivity index (χ1v) is 3.72. The number of nitrogens with one attached hydrogen (secondary N) is 2. The molecule has 0 unspecified atom stereocenters. The summed E-state index contributed by atoms with van der Waals surface area (Å²) < 4.78 is 4.21. The second-order valence-corrected chi connectivity index (χ2v) is 2.35. The molecule has 0 fully saturated rings. The van der Waals surface area contributed by atoms with Crippen LogP contribution in [0.4, 0.5) is 5.82 Å². The number of rotatable bonds is 3. The number of nitrogens with zero attached hydrogens (tertiary/aromatic N) is 2. The number of carbonyl (C=O) groups excluding carboxylic acids is 2. The van der Waals surface area contributed by atoms with Crippen LogP contribution in [0.3, 0.4) is 0 Å². The topological polar surface area (TPSA) is 123 Å². The number of nitrogens with two attached hydrogens (primary N) is 1. The van der Waals surface area contributed by atoms with Gasteiger partial charge in [0.25, 0.3) is 5.91 Å². The first-order chi connectivity index (χ1) is 6.65. The summed E-state index contributed by atoms with van der Waals surface area (Å²) in [4.78, 5) is 22.0. The van der Waals surface area contributed by atoms with Crippen LogP contribution in [0.1, 0.15) is 10.5 Å². The summed E-state index contributed by atoms with van der Waals surface area (Å²) in [6.45, 7) is -0.151. The Bertz CT molecular complexity index is 347. The molecule has 1 rings (SSSR count). The van der Waals surface area contributed by atoms with Crippen molar-refractivity contribution in [1.29, 1.82) is 0 Å². The quantitative estimate of drug-likeness (QED) is 0.523. The Kier molecular flexibility index (Phi) is 3.00. The molecule has 1 heterocycles. The van der Waals surface area contributed by atoms with E-state index in [1.807, 2.05) is 0 Å². The molecule has 1 aromatic heterocycles. The zero-order chi connectivity index (χ0) is 10.6. The van der Waals surface area contributed by atoms with Crippen molar-refractivity contribution >= 4 is 17.6 Å². The van der Waals surface area contributed by atoms with Crippen LogP contribution in [-0.2, 0) is 4.79 Å². The number of amides is 2. The summed E-state index contributed by atoms with van der Waals surface area (Å²) in [6.07, 6.45) is 0. The van der Waals surface area contributed by atoms with Crippen LogP contribution in [0.5, 0.6) is 0 Å². The Morgan fingerprint density at radius 2 is 2.21 bits per heavy atom. The average molecular weight is 199 g/mol. The predicted molar refractivity (Wildman–Crippen MR) is 45.1 cm³/mol. The van der Waals surface area contributed by atoms with Crippen LogP contribution in [0.15, 0.2) is 4.63 Å². The molecule has 1 aromatic rings. The molecular formula is C6H9N5O3. The van der Waals surface area contributed by atoms with Gasteiger partial charge in [0, 0.05) is 7.05 Å². The first kappa shape index (κ1) is 9.96. The van der Waals surface area contributed by atoms with Crippen LogP contribution in [0, 0.1) is 0 Å². The summed E-state index contributed by atoms with van der Waals surface area (Å²) >= 11 is 0. The predicted octanol–water partition coefficient (Wildman–Crippen LogP) is -1.87. The fourth-order valence-corrected chi connectivity index (χ4v) is 0.686. The van der Waals surface area contributed by atoms with E-state index in [9.17, 15) is 9.59 Å². The molecule has 0 aliphatic rings. The molecular weight excluding hydrogens is 190 g/mol. The highest BCUT2D eigenvalue weighted by Crippen LogP contribution is 2.02. The Morgan fingerprint density at radius 3 is 2.71 bits per heavy atom. The maximum absolute atomic E-state index is 11.2. The van der Waals surface area contributed by atoms with Crippen LogP contribution in [0.2, 0.25) is 0 Å². The second-order valence-electron chi connectivity index (χ2n) is 2.35. The minimum absolute atomic E-state index is 0.112. The van der Waals surface area contributed by atoms with Crippen molar-refractivity contribution in [2.24, 2.45) is 0 Å². The molecule has 0 aliphatic heterocycles. The highest BCUT2D eigenvalue weighted by atomic mass is 16.6. The molecule has 0 bridgehead atoms. The third-order valence-corrected chi connectivity index (χ3v) is 1.42. The molecule has 0 saturated carbocycles. The fraction of sp³-hybridized carbons (Fsp3) is 0.333. The van der Waals surface area contributed by atoms with Crippen molar-refractivity contribution in [1.82, 2.24) is 20.9 Å². The minimum atomic E-state index is -0.604. The van der Waals surface area contributed by atoms with Gasteiger partial charge in [-0.3, -0.25) is 9.59 Å². The van der Waals surface area contributed by atoms with Crippen molar-refractivity contribution in [3.05, 3.63) is 5.69 Å². The number of nitrogen functional groups attached to an aromatic ring is 1. The van der Waals surface area contributed by atoms with Gasteiger partial charge in [-0.15, -0.1) is 0 Å². The van der Waals surface area contributed by atoms with Crippen LogP contribution >= 0.6 is 0 Å². The van der Waals surface area contributed by atoms with Gasteiger partial charge in [-0.25, -0.2) is 4.63 Å². The lowest BCUT2D eigenvalue weighted by atomic mass is 10.4. The largest absolute Gasteiger partial charge is 0.379 e. The third kappa shape index (κ3) is 2.19. The number of likely N-dealkylation sites (N-methyl/N-ethyl adjacent to an activating group) is 1. The molecule has 0 aliphatic carbocycles. The van der Waals surface area contributed by atoms with Crippen molar-refractivity contribution in [2.75, 3.05) is 19.3 Å². The average Bonchev–Trinajstić information content (AvgIpc) is 2.60. The Balaban J connectivity index is 2.52. The molecule has 8 nitrogen and oxygen atoms in total. The van der Waals surface area contributed by atoms with E-state index < -0.39 is 5.91 Å². The number of hydrogen-bond donors (Lipinski definition) is 3. The van der Waals surface area contributed by atoms with Gasteiger partial charge in [-0.05, 0) is 10.3 Å². The maximum Gasteiger partial charge on any atom is 0.277 e. The minimum Gasteiger partial charge on any atom is -0.379 e. The molecule has 0 radical (unpaired) electrons. The fourth-order valence-electron chi connectivity index (χ4n) is 0.686. The summed E-state index contributed by atoms with van der Waals surface area (Å²) in [5, 5.41) is 11.1. The normalized spacial score (nSPS) is 9.50. The Morgan fingerprint density at radius 1 is 1.50 bits per heavy atom. The third-order valence-electron chi connectivity index (χ3n) is 1.42. The lowest BCUT2D eigenvalue weighted by Gasteiger charge is -2.00.